The SMILES string of the molecule is C[C@@H](Sc1nnc(Cc2cccs2)n1C1CC1)C(=O)N(C)[C@H]1CCS(=O)(=O)C1. The van der Waals surface area contributed by atoms with Gasteiger partial charge < -0.3 is 9.47 Å². The minimum atomic E-state index is -3.02. The highest BCUT2D eigenvalue weighted by Gasteiger charge is 2.35. The van der Waals surface area contributed by atoms with Crippen LogP contribution in [0, 0.1) is 0 Å². The number of hydrogen-bond acceptors (Lipinski definition) is 7. The zero-order valence-electron chi connectivity index (χ0n) is 15.9. The van der Waals surface area contributed by atoms with Gasteiger partial charge in [0.15, 0.2) is 15.0 Å². The van der Waals surface area contributed by atoms with Crippen molar-refractivity contribution in [1.82, 2.24) is 19.7 Å². The van der Waals surface area contributed by atoms with Crippen LogP contribution in [0.2, 0.25) is 0 Å². The van der Waals surface area contributed by atoms with Gasteiger partial charge in [-0.2, -0.15) is 0 Å². The first kappa shape index (κ1) is 19.9. The molecule has 152 valence electrons. The Hall–Kier alpha value is -1.39. The van der Waals surface area contributed by atoms with Gasteiger partial charge in [-0.25, -0.2) is 8.42 Å². The summed E-state index contributed by atoms with van der Waals surface area (Å²) in [5.41, 5.74) is 0. The Morgan fingerprint density at radius 2 is 2.18 bits per heavy atom. The van der Waals surface area contributed by atoms with Gasteiger partial charge in [0.2, 0.25) is 5.91 Å². The number of thioether (sulfide) groups is 1. The highest BCUT2D eigenvalue weighted by Crippen LogP contribution is 2.40. The molecule has 0 aromatic carbocycles. The van der Waals surface area contributed by atoms with Gasteiger partial charge in [-0.1, -0.05) is 17.8 Å². The highest BCUT2D eigenvalue weighted by molar-refractivity contribution is 8.00. The molecule has 4 rings (SSSR count). The second-order valence-corrected chi connectivity index (χ2v) is 12.1. The van der Waals surface area contributed by atoms with Gasteiger partial charge in [-0.05, 0) is 37.6 Å². The molecule has 2 fully saturated rings. The van der Waals surface area contributed by atoms with E-state index in [-0.39, 0.29) is 28.7 Å². The number of thiophene rings is 1. The molecule has 10 heteroatoms. The Labute approximate surface area is 173 Å². The Kier molecular flexibility index (Phi) is 5.54. The Morgan fingerprint density at radius 3 is 2.79 bits per heavy atom. The fourth-order valence-corrected chi connectivity index (χ4v) is 7.05. The molecule has 0 unspecified atom stereocenters. The summed E-state index contributed by atoms with van der Waals surface area (Å²) in [6.07, 6.45) is 3.51. The standard InChI is InChI=1S/C18H24N4O3S3/c1-12(17(23)21(2)14-7-9-28(24,25)11-14)27-18-20-19-16(22(18)13-5-6-13)10-15-4-3-8-26-15/h3-4,8,12-14H,5-7,9-11H2,1-2H3/t12-,14+/m1/s1. The number of nitrogens with zero attached hydrogens (tertiary/aromatic N) is 4. The minimum absolute atomic E-state index is 0.0581. The first-order chi connectivity index (χ1) is 13.3. The van der Waals surface area contributed by atoms with E-state index in [4.69, 9.17) is 0 Å². The Bertz CT molecular complexity index is 951. The lowest BCUT2D eigenvalue weighted by Crippen LogP contribution is -2.41. The number of sulfone groups is 1. The molecule has 1 amide bonds. The Morgan fingerprint density at radius 1 is 1.39 bits per heavy atom. The molecule has 2 atom stereocenters. The maximum atomic E-state index is 12.9. The third kappa shape index (κ3) is 4.28. The number of hydrogen-bond donors (Lipinski definition) is 0. The zero-order valence-corrected chi connectivity index (χ0v) is 18.4. The number of carbonyl (C=O) groups is 1. The first-order valence-electron chi connectivity index (χ1n) is 9.44. The van der Waals surface area contributed by atoms with E-state index in [2.05, 4.69) is 26.2 Å². The fraction of sp³-hybridized carbons (Fsp3) is 0.611. The lowest BCUT2D eigenvalue weighted by atomic mass is 10.2. The predicted molar refractivity (Wildman–Crippen MR) is 111 cm³/mol. The van der Waals surface area contributed by atoms with Crippen LogP contribution < -0.4 is 0 Å². The van der Waals surface area contributed by atoms with E-state index in [0.29, 0.717) is 12.5 Å². The number of rotatable bonds is 7. The summed E-state index contributed by atoms with van der Waals surface area (Å²) in [5.74, 6) is 1.12. The van der Waals surface area contributed by atoms with E-state index < -0.39 is 9.84 Å². The fourth-order valence-electron chi connectivity index (χ4n) is 3.53. The van der Waals surface area contributed by atoms with Gasteiger partial charge in [0.25, 0.3) is 0 Å². The van der Waals surface area contributed by atoms with E-state index in [1.807, 2.05) is 13.0 Å². The second-order valence-electron chi connectivity index (χ2n) is 7.52. The predicted octanol–water partition coefficient (Wildman–Crippen LogP) is 2.39. The molecule has 28 heavy (non-hydrogen) atoms. The summed E-state index contributed by atoms with van der Waals surface area (Å²) in [6.45, 7) is 1.86. The van der Waals surface area contributed by atoms with Crippen LogP contribution in [0.3, 0.4) is 0 Å². The third-order valence-corrected chi connectivity index (χ3v) is 8.96. The molecule has 0 spiro atoms. The molecule has 2 aliphatic rings. The average molecular weight is 441 g/mol. The van der Waals surface area contributed by atoms with Crippen LogP contribution in [0.25, 0.3) is 0 Å². The summed E-state index contributed by atoms with van der Waals surface area (Å²) in [6, 6.07) is 4.33. The van der Waals surface area contributed by atoms with Crippen LogP contribution in [0.1, 0.15) is 42.9 Å². The maximum absolute atomic E-state index is 12.9. The highest BCUT2D eigenvalue weighted by atomic mass is 32.2. The monoisotopic (exact) mass is 440 g/mol. The molecule has 0 bridgehead atoms. The van der Waals surface area contributed by atoms with Gasteiger partial charge in [-0.3, -0.25) is 4.79 Å². The molecule has 2 aromatic heterocycles. The normalized spacial score (nSPS) is 22.3. The van der Waals surface area contributed by atoms with Crippen molar-refractivity contribution in [3.8, 4) is 0 Å². The zero-order chi connectivity index (χ0) is 19.9. The van der Waals surface area contributed by atoms with Crippen LogP contribution >= 0.6 is 23.1 Å². The molecular formula is C18H24N4O3S3. The van der Waals surface area contributed by atoms with Crippen LogP contribution in [-0.4, -0.2) is 63.8 Å². The molecule has 1 saturated carbocycles. The van der Waals surface area contributed by atoms with Crippen molar-refractivity contribution in [2.75, 3.05) is 18.6 Å². The lowest BCUT2D eigenvalue weighted by molar-refractivity contribution is -0.130. The first-order valence-corrected chi connectivity index (χ1v) is 13.0. The quantitative estimate of drug-likeness (QED) is 0.615. The summed E-state index contributed by atoms with van der Waals surface area (Å²) >= 11 is 3.13. The van der Waals surface area contributed by atoms with E-state index in [0.717, 1.165) is 30.2 Å². The van der Waals surface area contributed by atoms with Gasteiger partial charge in [-0.15, -0.1) is 21.5 Å². The lowest BCUT2D eigenvalue weighted by Gasteiger charge is -2.26. The van der Waals surface area contributed by atoms with Gasteiger partial charge >= 0.3 is 0 Å². The topological polar surface area (TPSA) is 85.2 Å². The van der Waals surface area contributed by atoms with Crippen LogP contribution in [0.5, 0.6) is 0 Å². The molecule has 1 aliphatic heterocycles. The molecule has 1 aliphatic carbocycles. The number of aromatic nitrogens is 3. The summed E-state index contributed by atoms with van der Waals surface area (Å²) in [5, 5.41) is 11.3. The average Bonchev–Trinajstić information content (AvgIpc) is 3.03. The molecule has 0 radical (unpaired) electrons. The maximum Gasteiger partial charge on any atom is 0.235 e. The molecule has 0 N–H and O–H groups in total. The van der Waals surface area contributed by atoms with Crippen LogP contribution in [0.4, 0.5) is 0 Å². The largest absolute Gasteiger partial charge is 0.341 e. The molecule has 3 heterocycles. The summed E-state index contributed by atoms with van der Waals surface area (Å²) in [7, 11) is -1.31. The van der Waals surface area contributed by atoms with Crippen molar-refractivity contribution in [2.24, 2.45) is 0 Å². The van der Waals surface area contributed by atoms with Gasteiger partial charge in [0.1, 0.15) is 5.82 Å². The number of amides is 1. The van der Waals surface area contributed by atoms with E-state index in [1.54, 1.807) is 23.3 Å². The van der Waals surface area contributed by atoms with Gasteiger partial charge in [0.05, 0.1) is 16.8 Å². The van der Waals surface area contributed by atoms with Crippen molar-refractivity contribution in [3.05, 3.63) is 28.2 Å². The molecule has 7 nitrogen and oxygen atoms in total. The summed E-state index contributed by atoms with van der Waals surface area (Å²) in [4.78, 5) is 15.7. The van der Waals surface area contributed by atoms with Gasteiger partial charge in [0, 0.05) is 30.4 Å². The smallest absolute Gasteiger partial charge is 0.235 e. The van der Waals surface area contributed by atoms with E-state index >= 15 is 0 Å². The van der Waals surface area contributed by atoms with Crippen LogP contribution in [0.15, 0.2) is 22.7 Å². The summed E-state index contributed by atoms with van der Waals surface area (Å²) < 4.78 is 25.6. The van der Waals surface area contributed by atoms with Crippen molar-refractivity contribution < 1.29 is 13.2 Å². The molecular weight excluding hydrogens is 416 g/mol. The van der Waals surface area contributed by atoms with Crippen LogP contribution in [-0.2, 0) is 21.1 Å². The second kappa shape index (κ2) is 7.79. The minimum Gasteiger partial charge on any atom is -0.341 e. The van der Waals surface area contributed by atoms with Crippen molar-refractivity contribution in [1.29, 1.82) is 0 Å². The van der Waals surface area contributed by atoms with E-state index in [1.165, 1.54) is 16.6 Å². The van der Waals surface area contributed by atoms with Crippen molar-refractivity contribution in [2.45, 2.75) is 55.1 Å². The molecule has 1 saturated heterocycles. The Balaban J connectivity index is 1.46. The van der Waals surface area contributed by atoms with E-state index in [9.17, 15) is 13.2 Å². The van der Waals surface area contributed by atoms with Crippen molar-refractivity contribution >= 4 is 38.8 Å². The van der Waals surface area contributed by atoms with Crippen molar-refractivity contribution in [3.63, 3.8) is 0 Å². The molecule has 2 aromatic rings. The number of carbonyl (C=O) groups excluding carboxylic acids is 1. The third-order valence-electron chi connectivity index (χ3n) is 5.29.